The molecule has 1 saturated carbocycles. The zero-order valence-corrected chi connectivity index (χ0v) is 17.0. The number of carbonyl (C=O) groups excluding carboxylic acids is 1. The van der Waals surface area contributed by atoms with E-state index < -0.39 is 0 Å². The number of nitrogens with one attached hydrogen (secondary N) is 1. The smallest absolute Gasteiger partial charge is 0.234 e. The fourth-order valence-electron chi connectivity index (χ4n) is 4.61. The summed E-state index contributed by atoms with van der Waals surface area (Å²) < 4.78 is 13.1. The van der Waals surface area contributed by atoms with Crippen molar-refractivity contribution in [2.24, 2.45) is 11.3 Å². The molecule has 1 aromatic rings. The van der Waals surface area contributed by atoms with Crippen molar-refractivity contribution in [3.05, 3.63) is 30.1 Å². The first-order valence-electron chi connectivity index (χ1n) is 10.3. The van der Waals surface area contributed by atoms with Crippen LogP contribution in [0.5, 0.6) is 0 Å². The Morgan fingerprint density at radius 2 is 1.70 bits per heavy atom. The summed E-state index contributed by atoms with van der Waals surface area (Å²) in [5.41, 5.74) is 1.29. The van der Waals surface area contributed by atoms with Crippen LogP contribution in [0.1, 0.15) is 46.5 Å². The molecule has 1 saturated heterocycles. The number of hydrogen-bond donors (Lipinski definition) is 1. The van der Waals surface area contributed by atoms with Crippen LogP contribution < -0.4 is 10.2 Å². The number of anilines is 1. The van der Waals surface area contributed by atoms with Gasteiger partial charge in [0, 0.05) is 37.9 Å². The average Bonchev–Trinajstić information content (AvgIpc) is 2.62. The van der Waals surface area contributed by atoms with Gasteiger partial charge in [-0.25, -0.2) is 4.39 Å². The van der Waals surface area contributed by atoms with Gasteiger partial charge in [-0.05, 0) is 48.4 Å². The van der Waals surface area contributed by atoms with Crippen molar-refractivity contribution in [1.82, 2.24) is 10.2 Å². The number of halogens is 1. The zero-order valence-electron chi connectivity index (χ0n) is 17.0. The first-order valence-corrected chi connectivity index (χ1v) is 10.3. The molecule has 1 aliphatic heterocycles. The van der Waals surface area contributed by atoms with Gasteiger partial charge in [0.2, 0.25) is 5.91 Å². The summed E-state index contributed by atoms with van der Waals surface area (Å²) >= 11 is 0. The van der Waals surface area contributed by atoms with Crippen molar-refractivity contribution in [2.75, 3.05) is 37.6 Å². The molecule has 1 aliphatic carbocycles. The zero-order chi connectivity index (χ0) is 19.4. The van der Waals surface area contributed by atoms with Crippen LogP contribution in [0, 0.1) is 17.2 Å². The van der Waals surface area contributed by atoms with Crippen LogP contribution in [0.25, 0.3) is 0 Å². The van der Waals surface area contributed by atoms with Crippen LogP contribution in [0.4, 0.5) is 10.1 Å². The lowest BCUT2D eigenvalue weighted by atomic mass is 9.69. The Morgan fingerprint density at radius 1 is 1.07 bits per heavy atom. The highest BCUT2D eigenvalue weighted by Crippen LogP contribution is 2.37. The largest absolute Gasteiger partial charge is 0.369 e. The van der Waals surface area contributed by atoms with E-state index in [0.717, 1.165) is 38.3 Å². The minimum absolute atomic E-state index is 0.159. The Bertz CT molecular complexity index is 617. The highest BCUT2D eigenvalue weighted by molar-refractivity contribution is 5.78. The van der Waals surface area contributed by atoms with Crippen LogP contribution in [0.3, 0.4) is 0 Å². The molecule has 0 unspecified atom stereocenters. The molecule has 27 heavy (non-hydrogen) atoms. The van der Waals surface area contributed by atoms with Gasteiger partial charge in [0.1, 0.15) is 5.82 Å². The van der Waals surface area contributed by atoms with Crippen molar-refractivity contribution in [3.8, 4) is 0 Å². The van der Waals surface area contributed by atoms with E-state index in [1.807, 2.05) is 12.1 Å². The molecule has 4 nitrogen and oxygen atoms in total. The van der Waals surface area contributed by atoms with Gasteiger partial charge in [-0.2, -0.15) is 0 Å². The van der Waals surface area contributed by atoms with Gasteiger partial charge in [-0.3, -0.25) is 9.69 Å². The first-order chi connectivity index (χ1) is 12.8. The first kappa shape index (κ1) is 20.1. The summed E-state index contributed by atoms with van der Waals surface area (Å²) in [5, 5.41) is 3.34. The molecule has 0 spiro atoms. The summed E-state index contributed by atoms with van der Waals surface area (Å²) in [6.07, 6.45) is 4.81. The molecule has 1 aromatic carbocycles. The van der Waals surface area contributed by atoms with Gasteiger partial charge >= 0.3 is 0 Å². The highest BCUT2D eigenvalue weighted by atomic mass is 19.1. The summed E-state index contributed by atoms with van der Waals surface area (Å²) in [6.45, 7) is 10.8. The Labute approximate surface area is 163 Å². The van der Waals surface area contributed by atoms with E-state index in [2.05, 4.69) is 35.9 Å². The molecular formula is C22H34FN3O. The van der Waals surface area contributed by atoms with Crippen molar-refractivity contribution in [2.45, 2.75) is 52.5 Å². The Balaban J connectivity index is 1.47. The van der Waals surface area contributed by atoms with E-state index in [4.69, 9.17) is 0 Å². The maximum Gasteiger partial charge on any atom is 0.234 e. The summed E-state index contributed by atoms with van der Waals surface area (Å²) in [5.74, 6) is 0.516. The Kier molecular flexibility index (Phi) is 6.40. The molecule has 2 atom stereocenters. The second-order valence-corrected chi connectivity index (χ2v) is 9.17. The minimum Gasteiger partial charge on any atom is -0.369 e. The number of nitrogens with zero attached hydrogens (tertiary/aromatic N) is 2. The minimum atomic E-state index is -0.203. The monoisotopic (exact) mass is 375 g/mol. The molecule has 0 aromatic heterocycles. The van der Waals surface area contributed by atoms with E-state index in [1.165, 1.54) is 31.4 Å². The van der Waals surface area contributed by atoms with Crippen molar-refractivity contribution in [3.63, 3.8) is 0 Å². The normalized spacial score (nSPS) is 24.7. The lowest BCUT2D eigenvalue weighted by Crippen LogP contribution is -2.52. The van der Waals surface area contributed by atoms with Crippen LogP contribution in [0.15, 0.2) is 24.3 Å². The topological polar surface area (TPSA) is 35.6 Å². The molecule has 1 heterocycles. The summed E-state index contributed by atoms with van der Waals surface area (Å²) in [7, 11) is 0. The van der Waals surface area contributed by atoms with Gasteiger partial charge in [0.05, 0.1) is 6.54 Å². The average molecular weight is 376 g/mol. The second kappa shape index (κ2) is 8.59. The number of carbonyl (C=O) groups is 1. The fourth-order valence-corrected chi connectivity index (χ4v) is 4.61. The van der Waals surface area contributed by atoms with E-state index >= 15 is 0 Å². The molecule has 150 valence electrons. The molecule has 3 rings (SSSR count). The highest BCUT2D eigenvalue weighted by Gasteiger charge is 2.35. The number of amides is 1. The van der Waals surface area contributed by atoms with Gasteiger partial charge in [0.15, 0.2) is 0 Å². The quantitative estimate of drug-likeness (QED) is 0.872. The van der Waals surface area contributed by atoms with Gasteiger partial charge < -0.3 is 10.2 Å². The van der Waals surface area contributed by atoms with E-state index in [0.29, 0.717) is 18.5 Å². The predicted molar refractivity (Wildman–Crippen MR) is 108 cm³/mol. The Hall–Kier alpha value is -1.62. The second-order valence-electron chi connectivity index (χ2n) is 9.17. The molecule has 5 heteroatoms. The van der Waals surface area contributed by atoms with E-state index in [-0.39, 0.29) is 17.1 Å². The standard InChI is InChI=1S/C22H34FN3O/c1-22(2,3)19-6-4-5-7-20(19)24-21(27)16-25-12-14-26(15-13-25)18-10-8-17(23)9-11-18/h8-11,19-20H,4-7,12-16H2,1-3H3,(H,24,27)/t19-,20+/m1/s1. The predicted octanol–water partition coefficient (Wildman–Crippen LogP) is 3.67. The molecule has 2 aliphatic rings. The van der Waals surface area contributed by atoms with E-state index in [1.54, 1.807) is 0 Å². The number of benzene rings is 1. The van der Waals surface area contributed by atoms with Crippen LogP contribution >= 0.6 is 0 Å². The van der Waals surface area contributed by atoms with Gasteiger partial charge in [-0.15, -0.1) is 0 Å². The lowest BCUT2D eigenvalue weighted by Gasteiger charge is -2.41. The van der Waals surface area contributed by atoms with Crippen molar-refractivity contribution in [1.29, 1.82) is 0 Å². The molecular weight excluding hydrogens is 341 g/mol. The molecule has 0 radical (unpaired) electrons. The Morgan fingerprint density at radius 3 is 2.33 bits per heavy atom. The third-order valence-corrected chi connectivity index (χ3v) is 6.16. The lowest BCUT2D eigenvalue weighted by molar-refractivity contribution is -0.124. The van der Waals surface area contributed by atoms with Gasteiger partial charge in [-0.1, -0.05) is 33.6 Å². The maximum absolute atomic E-state index is 13.1. The number of hydrogen-bond acceptors (Lipinski definition) is 3. The number of rotatable bonds is 4. The molecule has 2 fully saturated rings. The number of piperazine rings is 1. The van der Waals surface area contributed by atoms with Crippen molar-refractivity contribution < 1.29 is 9.18 Å². The van der Waals surface area contributed by atoms with Crippen LogP contribution in [0.2, 0.25) is 0 Å². The molecule has 1 amide bonds. The van der Waals surface area contributed by atoms with Gasteiger partial charge in [0.25, 0.3) is 0 Å². The van der Waals surface area contributed by atoms with Crippen molar-refractivity contribution >= 4 is 11.6 Å². The van der Waals surface area contributed by atoms with E-state index in [9.17, 15) is 9.18 Å². The van der Waals surface area contributed by atoms with Crippen LogP contribution in [-0.2, 0) is 4.79 Å². The SMILES string of the molecule is CC(C)(C)[C@@H]1CCCC[C@@H]1NC(=O)CN1CCN(c2ccc(F)cc2)CC1. The third kappa shape index (κ3) is 5.44. The third-order valence-electron chi connectivity index (χ3n) is 6.16. The summed E-state index contributed by atoms with van der Waals surface area (Å²) in [4.78, 5) is 17.1. The maximum atomic E-state index is 13.1. The summed E-state index contributed by atoms with van der Waals surface area (Å²) in [6, 6.07) is 6.98. The molecule has 0 bridgehead atoms. The molecule has 1 N–H and O–H groups in total. The van der Waals surface area contributed by atoms with Crippen LogP contribution in [-0.4, -0.2) is 49.6 Å². The fraction of sp³-hybridized carbons (Fsp3) is 0.682.